The first kappa shape index (κ1) is 46.0. The number of para-hydroxylation sites is 4. The number of aryl methyl sites for hydroxylation is 2. The van der Waals surface area contributed by atoms with Crippen LogP contribution in [0, 0.1) is 13.8 Å². The Kier molecular flexibility index (Phi) is 9.85. The lowest BCUT2D eigenvalue weighted by atomic mass is 9.79. The fraction of sp³-hybridized carbons (Fsp3) is 0.229. The summed E-state index contributed by atoms with van der Waals surface area (Å²) in [4.78, 5) is 4.87. The van der Waals surface area contributed by atoms with Crippen LogP contribution in [0.5, 0.6) is 0 Å². The molecule has 4 nitrogen and oxygen atoms in total. The second kappa shape index (κ2) is 15.8. The summed E-state index contributed by atoms with van der Waals surface area (Å²) in [5, 5.41) is 4.58. The molecule has 0 N–H and O–H groups in total. The fourth-order valence-electron chi connectivity index (χ4n) is 12.6. The van der Waals surface area contributed by atoms with Crippen LogP contribution in [0.15, 0.2) is 179 Å². The molecule has 0 saturated heterocycles. The predicted octanol–water partition coefficient (Wildman–Crippen LogP) is 20.2. The van der Waals surface area contributed by atoms with Gasteiger partial charge in [0.25, 0.3) is 0 Å². The van der Waals surface area contributed by atoms with E-state index in [1.165, 1.54) is 66.8 Å². The molecule has 0 amide bonds. The molecule has 0 saturated carbocycles. The van der Waals surface area contributed by atoms with Crippen LogP contribution >= 0.6 is 0 Å². The molecule has 0 spiro atoms. The molecule has 4 heteroatoms. The van der Waals surface area contributed by atoms with E-state index in [0.29, 0.717) is 0 Å². The molecule has 0 atom stereocenters. The Labute approximate surface area is 435 Å². The average Bonchev–Trinajstić information content (AvgIpc) is 4.12. The van der Waals surface area contributed by atoms with E-state index in [1.807, 2.05) is 0 Å². The van der Waals surface area contributed by atoms with Gasteiger partial charge in [0.1, 0.15) is 11.2 Å². The number of anilines is 6. The first-order chi connectivity index (χ1) is 35.3. The van der Waals surface area contributed by atoms with Gasteiger partial charge in [-0.05, 0) is 164 Å². The molecule has 0 aliphatic heterocycles. The second-order valence-electron chi connectivity index (χ2n) is 24.3. The Bertz CT molecular complexity index is 3840. The third-order valence-electron chi connectivity index (χ3n) is 16.8. The van der Waals surface area contributed by atoms with Gasteiger partial charge in [-0.2, -0.15) is 0 Å². The van der Waals surface area contributed by atoms with E-state index in [0.717, 1.165) is 78.0 Å². The molecule has 2 aliphatic rings. The minimum absolute atomic E-state index is 0.0239. The molecule has 366 valence electrons. The van der Waals surface area contributed by atoms with Crippen molar-refractivity contribution in [3.8, 4) is 22.3 Å². The zero-order valence-corrected chi connectivity index (χ0v) is 44.9. The van der Waals surface area contributed by atoms with E-state index >= 15 is 0 Å². The summed E-state index contributed by atoms with van der Waals surface area (Å²) in [6.07, 6.45) is 0. The summed E-state index contributed by atoms with van der Waals surface area (Å²) in [6.45, 7) is 27.8. The number of hydrogen-bond donors (Lipinski definition) is 0. The molecular formula is C70H64N2O2. The molecule has 11 aromatic rings. The van der Waals surface area contributed by atoms with Gasteiger partial charge >= 0.3 is 0 Å². The quantitative estimate of drug-likeness (QED) is 0.166. The Morgan fingerprint density at radius 2 is 0.730 bits per heavy atom. The van der Waals surface area contributed by atoms with E-state index < -0.39 is 0 Å². The van der Waals surface area contributed by atoms with Crippen LogP contribution in [0.4, 0.5) is 34.1 Å². The number of nitrogens with zero attached hydrogens (tertiary/aromatic N) is 2. The van der Waals surface area contributed by atoms with Crippen molar-refractivity contribution >= 4 is 78.0 Å². The molecule has 2 aromatic heterocycles. The Balaban J connectivity index is 1.07. The maximum atomic E-state index is 7.18. The largest absolute Gasteiger partial charge is 0.454 e. The zero-order chi connectivity index (χ0) is 51.4. The lowest BCUT2D eigenvalue weighted by Gasteiger charge is -2.30. The van der Waals surface area contributed by atoms with Crippen molar-refractivity contribution in [2.75, 3.05) is 9.80 Å². The Morgan fingerprint density at radius 1 is 0.378 bits per heavy atom. The van der Waals surface area contributed by atoms with Crippen LogP contribution in [-0.2, 0) is 21.7 Å². The van der Waals surface area contributed by atoms with Crippen molar-refractivity contribution in [3.05, 3.63) is 214 Å². The van der Waals surface area contributed by atoms with E-state index in [-0.39, 0.29) is 21.7 Å². The third kappa shape index (κ3) is 6.66. The standard InChI is InChI=1S/C70H64N2O2/c1-41-21-13-17-25-55(41)71(45-33-29-43(30-34-45)67(3,4)5)57-39-53-61(63-47-23-15-19-27-59(47)73-65(57)63)49-37-52-50(38-51(49)69(53,9)10)62-54(70(52,11)12)40-58(66-64(62)48-24-16-20-28-60(48)74-66)72(56-26-18-14-22-42(56)2)46-35-31-44(32-36-46)68(6,7)8/h13-40H,1-12H3. The second-order valence-corrected chi connectivity index (χ2v) is 24.3. The topological polar surface area (TPSA) is 32.8 Å². The first-order valence-corrected chi connectivity index (χ1v) is 26.4. The first-order valence-electron chi connectivity index (χ1n) is 26.4. The number of rotatable bonds is 6. The van der Waals surface area contributed by atoms with Gasteiger partial charge in [-0.3, -0.25) is 0 Å². The Morgan fingerprint density at radius 3 is 1.09 bits per heavy atom. The van der Waals surface area contributed by atoms with Crippen molar-refractivity contribution in [3.63, 3.8) is 0 Å². The van der Waals surface area contributed by atoms with Crippen molar-refractivity contribution in [2.24, 2.45) is 0 Å². The summed E-state index contributed by atoms with van der Waals surface area (Å²) >= 11 is 0. The van der Waals surface area contributed by atoms with Gasteiger partial charge in [0.15, 0.2) is 11.2 Å². The summed E-state index contributed by atoms with van der Waals surface area (Å²) in [5.41, 5.74) is 24.7. The molecule has 0 fully saturated rings. The van der Waals surface area contributed by atoms with Gasteiger partial charge < -0.3 is 18.6 Å². The van der Waals surface area contributed by atoms with Crippen molar-refractivity contribution in [2.45, 2.75) is 105 Å². The normalized spacial score (nSPS) is 14.4. The van der Waals surface area contributed by atoms with E-state index in [9.17, 15) is 0 Å². The van der Waals surface area contributed by atoms with Crippen molar-refractivity contribution < 1.29 is 8.83 Å². The molecule has 2 aliphatic carbocycles. The molecule has 0 unspecified atom stereocenters. The highest BCUT2D eigenvalue weighted by Gasteiger charge is 2.45. The smallest absolute Gasteiger partial charge is 0.160 e. The molecule has 0 bridgehead atoms. The van der Waals surface area contributed by atoms with Gasteiger partial charge in [0, 0.05) is 55.1 Å². The van der Waals surface area contributed by atoms with Crippen LogP contribution in [0.1, 0.15) is 114 Å². The van der Waals surface area contributed by atoms with Crippen molar-refractivity contribution in [1.82, 2.24) is 0 Å². The average molecular weight is 965 g/mol. The lowest BCUT2D eigenvalue weighted by Crippen LogP contribution is -2.18. The zero-order valence-electron chi connectivity index (χ0n) is 44.9. The third-order valence-corrected chi connectivity index (χ3v) is 16.8. The summed E-state index contributed by atoms with van der Waals surface area (Å²) < 4.78 is 14.4. The van der Waals surface area contributed by atoms with E-state index in [1.54, 1.807) is 0 Å². The van der Waals surface area contributed by atoms with Crippen LogP contribution in [0.3, 0.4) is 0 Å². The van der Waals surface area contributed by atoms with Crippen LogP contribution in [0.2, 0.25) is 0 Å². The number of fused-ring (bicyclic) bond motifs is 14. The van der Waals surface area contributed by atoms with Gasteiger partial charge in [0.05, 0.1) is 11.4 Å². The van der Waals surface area contributed by atoms with Gasteiger partial charge in [0.2, 0.25) is 0 Å². The SMILES string of the molecule is Cc1ccccc1N(c1ccc(C(C)(C)C)cc1)c1cc2c(c3c1oc1ccccc13)-c1cc3c(cc1C2(C)C)-c1c(cc(N(c2ccc(C(C)(C)C)cc2)c2ccccc2C)c2oc4ccccc4c12)C3(C)C. The maximum absolute atomic E-state index is 7.18. The number of hydrogen-bond acceptors (Lipinski definition) is 4. The highest BCUT2D eigenvalue weighted by atomic mass is 16.3. The van der Waals surface area contributed by atoms with Crippen LogP contribution in [-0.4, -0.2) is 0 Å². The highest BCUT2D eigenvalue weighted by Crippen LogP contribution is 2.62. The highest BCUT2D eigenvalue weighted by molar-refractivity contribution is 6.22. The number of benzene rings is 9. The van der Waals surface area contributed by atoms with Gasteiger partial charge in [-0.15, -0.1) is 0 Å². The van der Waals surface area contributed by atoms with Gasteiger partial charge in [-0.1, -0.05) is 166 Å². The number of furan rings is 2. The van der Waals surface area contributed by atoms with Crippen LogP contribution < -0.4 is 9.80 Å². The molecule has 2 heterocycles. The monoisotopic (exact) mass is 964 g/mol. The minimum atomic E-state index is -0.375. The molecule has 0 radical (unpaired) electrons. The lowest BCUT2D eigenvalue weighted by molar-refractivity contribution is 0.590. The fourth-order valence-corrected chi connectivity index (χ4v) is 12.6. The maximum Gasteiger partial charge on any atom is 0.160 e. The van der Waals surface area contributed by atoms with E-state index in [2.05, 4.69) is 263 Å². The molecule has 9 aromatic carbocycles. The molecular weight excluding hydrogens is 901 g/mol. The predicted molar refractivity (Wildman–Crippen MR) is 312 cm³/mol. The van der Waals surface area contributed by atoms with Crippen LogP contribution in [0.25, 0.3) is 66.1 Å². The summed E-state index contributed by atoms with van der Waals surface area (Å²) in [6, 6.07) is 63.0. The summed E-state index contributed by atoms with van der Waals surface area (Å²) in [7, 11) is 0. The molecule has 13 rings (SSSR count). The van der Waals surface area contributed by atoms with Crippen molar-refractivity contribution in [1.29, 1.82) is 0 Å². The van der Waals surface area contributed by atoms with Gasteiger partial charge in [-0.25, -0.2) is 0 Å². The minimum Gasteiger partial charge on any atom is -0.454 e. The van der Waals surface area contributed by atoms with E-state index in [4.69, 9.17) is 8.83 Å². The Hall–Kier alpha value is -7.82. The summed E-state index contributed by atoms with van der Waals surface area (Å²) in [5.74, 6) is 0. The molecule has 74 heavy (non-hydrogen) atoms.